The van der Waals surface area contributed by atoms with Gasteiger partial charge in [-0.05, 0) is 25.5 Å². The molecule has 0 fully saturated rings. The summed E-state index contributed by atoms with van der Waals surface area (Å²) in [5.74, 6) is 0.821. The third-order valence-corrected chi connectivity index (χ3v) is 1.84. The van der Waals surface area contributed by atoms with Crippen LogP contribution < -0.4 is 4.74 Å². The van der Waals surface area contributed by atoms with E-state index in [1.807, 2.05) is 32.0 Å². The van der Waals surface area contributed by atoms with E-state index < -0.39 is 0 Å². The first-order valence-corrected chi connectivity index (χ1v) is 4.67. The molecule has 3 heteroatoms. The molecular formula is C10H12AlNO. The Kier molecular flexibility index (Phi) is 3.53. The minimum atomic E-state index is 0.821. The Labute approximate surface area is 87.1 Å². The zero-order valence-electron chi connectivity index (χ0n) is 8.16. The molecule has 2 nitrogen and oxygen atoms in total. The van der Waals surface area contributed by atoms with Gasteiger partial charge in [-0.1, -0.05) is 16.7 Å². The van der Waals surface area contributed by atoms with Gasteiger partial charge in [0.1, 0.15) is 11.4 Å². The van der Waals surface area contributed by atoms with Crippen LogP contribution in [0.2, 0.25) is 0 Å². The summed E-state index contributed by atoms with van der Waals surface area (Å²) in [5.41, 5.74) is 2.04. The highest BCUT2D eigenvalue weighted by molar-refractivity contribution is 6.59. The third-order valence-electron chi connectivity index (χ3n) is 1.71. The number of aryl methyl sites for hydroxylation is 1. The summed E-state index contributed by atoms with van der Waals surface area (Å²) in [6.07, 6.45) is 0. The number of aliphatic imine (C=N–C) groups is 1. The fourth-order valence-electron chi connectivity index (χ4n) is 1.12. The Balaban J connectivity index is 3.23. The second-order valence-corrected chi connectivity index (χ2v) is 3.71. The number of methoxy groups -OCH3 is 1. The number of benzene rings is 1. The van der Waals surface area contributed by atoms with Crippen molar-refractivity contribution in [3.05, 3.63) is 23.8 Å². The molecule has 0 aliphatic rings. The molecule has 1 rings (SSSR count). The van der Waals surface area contributed by atoms with Crippen LogP contribution >= 0.6 is 0 Å². The van der Waals surface area contributed by atoms with Gasteiger partial charge in [0.2, 0.25) is 16.3 Å². The van der Waals surface area contributed by atoms with Crippen molar-refractivity contribution in [2.75, 3.05) is 7.11 Å². The van der Waals surface area contributed by atoms with Crippen LogP contribution in [0.3, 0.4) is 0 Å². The van der Waals surface area contributed by atoms with E-state index in [4.69, 9.17) is 4.74 Å². The molecule has 0 unspecified atom stereocenters. The quantitative estimate of drug-likeness (QED) is 0.516. The van der Waals surface area contributed by atoms with E-state index in [1.165, 1.54) is 0 Å². The maximum absolute atomic E-state index is 5.21. The van der Waals surface area contributed by atoms with Gasteiger partial charge < -0.3 is 4.74 Å². The third kappa shape index (κ3) is 2.58. The molecule has 0 aliphatic carbocycles. The molecule has 1 aromatic rings. The topological polar surface area (TPSA) is 21.6 Å². The largest absolute Gasteiger partial charge is 0.494 e. The summed E-state index contributed by atoms with van der Waals surface area (Å²) in [4.78, 5) is 4.38. The molecule has 0 spiro atoms. The predicted octanol–water partition coefficient (Wildman–Crippen LogP) is 2.22. The lowest BCUT2D eigenvalue weighted by Gasteiger charge is -2.07. The average molecular weight is 189 g/mol. The van der Waals surface area contributed by atoms with Crippen LogP contribution in [0, 0.1) is 6.92 Å². The average Bonchev–Trinajstić information content (AvgIpc) is 2.08. The molecule has 0 N–H and O–H groups in total. The first-order chi connectivity index (χ1) is 6.15. The molecule has 0 saturated heterocycles. The Bertz CT molecular complexity index is 330. The highest BCUT2D eigenvalue weighted by Gasteiger charge is 2.02. The number of hydrogen-bond acceptors (Lipinski definition) is 2. The summed E-state index contributed by atoms with van der Waals surface area (Å²) in [6, 6.07) is 5.90. The zero-order chi connectivity index (χ0) is 9.84. The van der Waals surface area contributed by atoms with E-state index in [-0.39, 0.29) is 0 Å². The number of nitrogens with zero attached hydrogens (tertiary/aromatic N) is 1. The minimum absolute atomic E-state index is 0.821. The van der Waals surface area contributed by atoms with Gasteiger partial charge in [0.05, 0.1) is 7.11 Å². The minimum Gasteiger partial charge on any atom is -0.494 e. The number of ether oxygens (including phenoxy) is 1. The van der Waals surface area contributed by atoms with Crippen molar-refractivity contribution in [3.8, 4) is 5.75 Å². The second kappa shape index (κ2) is 4.46. The highest BCUT2D eigenvalue weighted by atomic mass is 27.0. The molecule has 1 aromatic carbocycles. The fourth-order valence-corrected chi connectivity index (χ4v) is 1.25. The Morgan fingerprint density at radius 2 is 2.15 bits per heavy atom. The van der Waals surface area contributed by atoms with Crippen LogP contribution in [0.1, 0.15) is 12.5 Å². The van der Waals surface area contributed by atoms with Crippen molar-refractivity contribution in [2.45, 2.75) is 13.8 Å². The molecule has 66 valence electrons. The fraction of sp³-hybridized carbons (Fsp3) is 0.300. The van der Waals surface area contributed by atoms with Crippen LogP contribution in [0.15, 0.2) is 23.2 Å². The standard InChI is InChI=1S/C10H12NO.Al/c1-4-11-10-8(2)6-5-7-9(10)12-3;/h5-7H,1-3H3;. The first kappa shape index (κ1) is 10.3. The van der Waals surface area contributed by atoms with Crippen molar-refractivity contribution in [2.24, 2.45) is 4.99 Å². The summed E-state index contributed by atoms with van der Waals surface area (Å²) in [7, 11) is 1.66. The van der Waals surface area contributed by atoms with Crippen LogP contribution in [-0.4, -0.2) is 28.0 Å². The summed E-state index contributed by atoms with van der Waals surface area (Å²) in [5, 5.41) is 0. The first-order valence-electron chi connectivity index (χ1n) is 4.09. The number of rotatable bonds is 2. The maximum Gasteiger partial charge on any atom is 0.201 e. The van der Waals surface area contributed by atoms with Crippen molar-refractivity contribution < 1.29 is 4.74 Å². The van der Waals surface area contributed by atoms with Crippen LogP contribution in [0.4, 0.5) is 5.69 Å². The Morgan fingerprint density at radius 1 is 1.46 bits per heavy atom. The number of para-hydroxylation sites is 1. The maximum atomic E-state index is 5.21. The van der Waals surface area contributed by atoms with Gasteiger partial charge in [-0.3, -0.25) is 4.99 Å². The van der Waals surface area contributed by atoms with Crippen molar-refractivity contribution in [1.82, 2.24) is 0 Å². The molecule has 0 atom stereocenters. The highest BCUT2D eigenvalue weighted by Crippen LogP contribution is 2.30. The molecule has 0 heterocycles. The van der Waals surface area contributed by atoms with Gasteiger partial charge in [0.15, 0.2) is 0 Å². The van der Waals surface area contributed by atoms with E-state index >= 15 is 0 Å². The van der Waals surface area contributed by atoms with Gasteiger partial charge in [-0.15, -0.1) is 0 Å². The Morgan fingerprint density at radius 3 is 2.69 bits per heavy atom. The van der Waals surface area contributed by atoms with Crippen LogP contribution in [0.5, 0.6) is 5.75 Å². The van der Waals surface area contributed by atoms with E-state index in [0.29, 0.717) is 0 Å². The van der Waals surface area contributed by atoms with Crippen molar-refractivity contribution in [3.63, 3.8) is 0 Å². The lowest BCUT2D eigenvalue weighted by atomic mass is 10.2. The molecule has 2 radical (unpaired) electrons. The monoisotopic (exact) mass is 189 g/mol. The summed E-state index contributed by atoms with van der Waals surface area (Å²) >= 11 is 2.57. The number of hydrogen-bond donors (Lipinski definition) is 0. The van der Waals surface area contributed by atoms with Gasteiger partial charge >= 0.3 is 0 Å². The lowest BCUT2D eigenvalue weighted by Crippen LogP contribution is -1.90. The van der Waals surface area contributed by atoms with Gasteiger partial charge in [-0.2, -0.15) is 0 Å². The second-order valence-electron chi connectivity index (χ2n) is 2.88. The molecule has 13 heavy (non-hydrogen) atoms. The van der Waals surface area contributed by atoms with E-state index in [2.05, 4.69) is 21.3 Å². The molecule has 0 aromatic heterocycles. The van der Waals surface area contributed by atoms with Gasteiger partial charge in [0.25, 0.3) is 0 Å². The molecular weight excluding hydrogens is 177 g/mol. The molecule has 0 bridgehead atoms. The van der Waals surface area contributed by atoms with Crippen LogP contribution in [0.25, 0.3) is 0 Å². The van der Waals surface area contributed by atoms with Gasteiger partial charge in [0, 0.05) is 0 Å². The SMILES string of the molecule is COc1cccc(C)c1N=[C](C)[Al]. The lowest BCUT2D eigenvalue weighted by molar-refractivity contribution is 0.416. The normalized spacial score (nSPS) is 11.5. The summed E-state index contributed by atoms with van der Waals surface area (Å²) in [6.45, 7) is 3.96. The molecule has 0 amide bonds. The van der Waals surface area contributed by atoms with E-state index in [1.54, 1.807) is 7.11 Å². The van der Waals surface area contributed by atoms with E-state index in [0.717, 1.165) is 21.6 Å². The van der Waals surface area contributed by atoms with Crippen molar-refractivity contribution in [1.29, 1.82) is 0 Å². The van der Waals surface area contributed by atoms with Gasteiger partial charge in [-0.25, -0.2) is 0 Å². The summed E-state index contributed by atoms with van der Waals surface area (Å²) < 4.78 is 6.16. The predicted molar refractivity (Wildman–Crippen MR) is 56.3 cm³/mol. The Hall–Kier alpha value is -0.778. The van der Waals surface area contributed by atoms with Crippen molar-refractivity contribution >= 4 is 26.6 Å². The smallest absolute Gasteiger partial charge is 0.201 e. The molecule has 0 saturated carbocycles. The zero-order valence-corrected chi connectivity index (χ0v) is 9.32. The van der Waals surface area contributed by atoms with Crippen LogP contribution in [-0.2, 0) is 0 Å². The molecule has 0 aliphatic heterocycles. The van der Waals surface area contributed by atoms with E-state index in [9.17, 15) is 0 Å².